The van der Waals surface area contributed by atoms with E-state index in [1.165, 1.54) is 13.8 Å². The van der Waals surface area contributed by atoms with E-state index >= 15 is 0 Å². The van der Waals surface area contributed by atoms with Gasteiger partial charge in [-0.15, -0.1) is 0 Å². The number of carbonyl (C=O) groups excluding carboxylic acids is 1. The van der Waals surface area contributed by atoms with Gasteiger partial charge in [0.1, 0.15) is 5.54 Å². The summed E-state index contributed by atoms with van der Waals surface area (Å²) in [4.78, 5) is 22.8. The second kappa shape index (κ2) is 4.87. The van der Waals surface area contributed by atoms with E-state index in [-0.39, 0.29) is 0 Å². The lowest BCUT2D eigenvalue weighted by Crippen LogP contribution is -2.49. The summed E-state index contributed by atoms with van der Waals surface area (Å²) in [7, 11) is 0. The molecule has 1 rings (SSSR count). The second-order valence-corrected chi connectivity index (χ2v) is 5.32. The van der Waals surface area contributed by atoms with Gasteiger partial charge in [-0.3, -0.25) is 4.79 Å². The fourth-order valence-corrected chi connectivity index (χ4v) is 1.88. The largest absolute Gasteiger partial charge is 0.480 e. The molecular formula is C12H14BrNO3. The van der Waals surface area contributed by atoms with Crippen LogP contribution in [0.5, 0.6) is 0 Å². The van der Waals surface area contributed by atoms with Gasteiger partial charge in [-0.2, -0.15) is 0 Å². The lowest BCUT2D eigenvalue weighted by atomic mass is 10.0. The van der Waals surface area contributed by atoms with Crippen LogP contribution >= 0.6 is 15.9 Å². The number of hydrogen-bond donors (Lipinski definition) is 2. The molecule has 0 saturated heterocycles. The van der Waals surface area contributed by atoms with Crippen LogP contribution in [0.15, 0.2) is 22.7 Å². The number of aliphatic carboxylic acids is 1. The van der Waals surface area contributed by atoms with Crippen molar-refractivity contribution >= 4 is 27.8 Å². The summed E-state index contributed by atoms with van der Waals surface area (Å²) in [5.41, 5.74) is 0.0803. The number of carbonyl (C=O) groups is 2. The van der Waals surface area contributed by atoms with Gasteiger partial charge in [-0.05, 0) is 44.5 Å². The number of aryl methyl sites for hydroxylation is 1. The summed E-state index contributed by atoms with van der Waals surface area (Å²) in [6.45, 7) is 4.75. The molecule has 1 amide bonds. The minimum Gasteiger partial charge on any atom is -0.480 e. The molecule has 4 nitrogen and oxygen atoms in total. The van der Waals surface area contributed by atoms with E-state index in [4.69, 9.17) is 5.11 Å². The number of carboxylic acids is 1. The third-order valence-electron chi connectivity index (χ3n) is 2.27. The standard InChI is InChI=1S/C12H14BrNO3/c1-7-4-8(6-9(13)5-7)10(15)14-12(2,3)11(16)17/h4-6H,1-3H3,(H,14,15)(H,16,17). The summed E-state index contributed by atoms with van der Waals surface area (Å²) in [5.74, 6) is -1.47. The van der Waals surface area contributed by atoms with E-state index in [1.807, 2.05) is 13.0 Å². The van der Waals surface area contributed by atoms with Crippen molar-refractivity contribution in [3.05, 3.63) is 33.8 Å². The predicted molar refractivity (Wildman–Crippen MR) is 68.1 cm³/mol. The van der Waals surface area contributed by atoms with Crippen molar-refractivity contribution in [3.63, 3.8) is 0 Å². The van der Waals surface area contributed by atoms with E-state index in [1.54, 1.807) is 12.1 Å². The van der Waals surface area contributed by atoms with E-state index in [9.17, 15) is 9.59 Å². The highest BCUT2D eigenvalue weighted by Gasteiger charge is 2.29. The minimum absolute atomic E-state index is 0.401. The van der Waals surface area contributed by atoms with E-state index in [0.29, 0.717) is 5.56 Å². The zero-order valence-electron chi connectivity index (χ0n) is 9.87. The average Bonchev–Trinajstić information content (AvgIpc) is 2.15. The Balaban J connectivity index is 2.94. The van der Waals surface area contributed by atoms with Gasteiger partial charge >= 0.3 is 5.97 Å². The van der Waals surface area contributed by atoms with Crippen molar-refractivity contribution in [2.75, 3.05) is 0 Å². The summed E-state index contributed by atoms with van der Waals surface area (Å²) in [5, 5.41) is 11.4. The Morgan fingerprint density at radius 1 is 1.29 bits per heavy atom. The number of rotatable bonds is 3. The van der Waals surface area contributed by atoms with E-state index in [0.717, 1.165) is 10.0 Å². The molecular weight excluding hydrogens is 286 g/mol. The van der Waals surface area contributed by atoms with Crippen LogP contribution in [0.1, 0.15) is 29.8 Å². The molecule has 0 atom stereocenters. The normalized spacial score (nSPS) is 11.1. The molecule has 2 N–H and O–H groups in total. The Hall–Kier alpha value is -1.36. The van der Waals surface area contributed by atoms with Crippen LogP contribution in [0.3, 0.4) is 0 Å². The summed E-state index contributed by atoms with van der Waals surface area (Å²) < 4.78 is 0.788. The Kier molecular flexibility index (Phi) is 3.93. The van der Waals surface area contributed by atoms with Gasteiger partial charge in [0, 0.05) is 10.0 Å². The molecule has 1 aromatic rings. The van der Waals surface area contributed by atoms with E-state index in [2.05, 4.69) is 21.2 Å². The maximum atomic E-state index is 11.9. The molecule has 5 heteroatoms. The lowest BCUT2D eigenvalue weighted by Gasteiger charge is -2.21. The first-order chi connectivity index (χ1) is 7.72. The first-order valence-electron chi connectivity index (χ1n) is 5.05. The third kappa shape index (κ3) is 3.56. The Morgan fingerprint density at radius 3 is 2.35 bits per heavy atom. The number of carboxylic acid groups (broad SMARTS) is 1. The summed E-state index contributed by atoms with van der Waals surface area (Å²) in [6, 6.07) is 5.23. The van der Waals surface area contributed by atoms with Crippen molar-refractivity contribution in [1.29, 1.82) is 0 Å². The Bertz CT molecular complexity index is 449. The maximum Gasteiger partial charge on any atom is 0.328 e. The Morgan fingerprint density at radius 2 is 1.88 bits per heavy atom. The highest BCUT2D eigenvalue weighted by Crippen LogP contribution is 2.16. The highest BCUT2D eigenvalue weighted by atomic mass is 79.9. The van der Waals surface area contributed by atoms with Gasteiger partial charge in [0.15, 0.2) is 0 Å². The first kappa shape index (κ1) is 13.7. The van der Waals surface area contributed by atoms with Crippen LogP contribution in [0.4, 0.5) is 0 Å². The van der Waals surface area contributed by atoms with Crippen LogP contribution in [0.2, 0.25) is 0 Å². The SMILES string of the molecule is Cc1cc(Br)cc(C(=O)NC(C)(C)C(=O)O)c1. The van der Waals surface area contributed by atoms with Crippen LogP contribution in [0.25, 0.3) is 0 Å². The number of halogens is 1. The fraction of sp³-hybridized carbons (Fsp3) is 0.333. The molecule has 92 valence electrons. The van der Waals surface area contributed by atoms with Gasteiger partial charge < -0.3 is 10.4 Å². The number of benzene rings is 1. The monoisotopic (exact) mass is 299 g/mol. The molecule has 0 fully saturated rings. The van der Waals surface area contributed by atoms with Crippen molar-refractivity contribution in [2.24, 2.45) is 0 Å². The molecule has 0 aliphatic carbocycles. The molecule has 17 heavy (non-hydrogen) atoms. The second-order valence-electron chi connectivity index (χ2n) is 4.40. The lowest BCUT2D eigenvalue weighted by molar-refractivity contribution is -0.143. The molecule has 0 aromatic heterocycles. The van der Waals surface area contributed by atoms with Crippen LogP contribution < -0.4 is 5.32 Å². The minimum atomic E-state index is -1.28. The predicted octanol–water partition coefficient (Wildman–Crippen LogP) is 2.35. The number of amides is 1. The van der Waals surface area contributed by atoms with Gasteiger partial charge in [-0.25, -0.2) is 4.79 Å². The molecule has 0 heterocycles. The summed E-state index contributed by atoms with van der Waals surface area (Å²) in [6.07, 6.45) is 0. The molecule has 0 aliphatic rings. The van der Waals surface area contributed by atoms with Crippen molar-refractivity contribution in [3.8, 4) is 0 Å². The summed E-state index contributed by atoms with van der Waals surface area (Å²) >= 11 is 3.29. The van der Waals surface area contributed by atoms with Crippen LogP contribution in [-0.2, 0) is 4.79 Å². The van der Waals surface area contributed by atoms with Gasteiger partial charge in [0.25, 0.3) is 5.91 Å². The van der Waals surface area contributed by atoms with Gasteiger partial charge in [0.05, 0.1) is 0 Å². The van der Waals surface area contributed by atoms with Crippen LogP contribution in [0, 0.1) is 6.92 Å². The number of nitrogens with one attached hydrogen (secondary N) is 1. The average molecular weight is 300 g/mol. The van der Waals surface area contributed by atoms with Gasteiger partial charge in [0.2, 0.25) is 0 Å². The molecule has 0 radical (unpaired) electrons. The van der Waals surface area contributed by atoms with Crippen molar-refractivity contribution in [2.45, 2.75) is 26.3 Å². The maximum absolute atomic E-state index is 11.9. The molecule has 0 saturated carbocycles. The highest BCUT2D eigenvalue weighted by molar-refractivity contribution is 9.10. The van der Waals surface area contributed by atoms with E-state index < -0.39 is 17.4 Å². The fourth-order valence-electron chi connectivity index (χ4n) is 1.28. The molecule has 0 bridgehead atoms. The molecule has 0 aliphatic heterocycles. The quantitative estimate of drug-likeness (QED) is 0.900. The van der Waals surface area contributed by atoms with Gasteiger partial charge in [-0.1, -0.05) is 15.9 Å². The van der Waals surface area contributed by atoms with Crippen molar-refractivity contribution < 1.29 is 14.7 Å². The smallest absolute Gasteiger partial charge is 0.328 e. The molecule has 0 unspecified atom stereocenters. The zero-order valence-corrected chi connectivity index (χ0v) is 11.5. The first-order valence-corrected chi connectivity index (χ1v) is 5.85. The van der Waals surface area contributed by atoms with Crippen LogP contribution in [-0.4, -0.2) is 22.5 Å². The topological polar surface area (TPSA) is 66.4 Å². The Labute approximate surface area is 108 Å². The number of hydrogen-bond acceptors (Lipinski definition) is 2. The van der Waals surface area contributed by atoms with Crippen molar-refractivity contribution in [1.82, 2.24) is 5.32 Å². The molecule has 0 spiro atoms. The molecule has 1 aromatic carbocycles. The third-order valence-corrected chi connectivity index (χ3v) is 2.72. The zero-order chi connectivity index (χ0) is 13.2.